The number of nitrogens with two attached hydrogens (primary N) is 1. The molecule has 0 bridgehead atoms. The summed E-state index contributed by atoms with van der Waals surface area (Å²) < 4.78 is 16.7. The smallest absolute Gasteiger partial charge is 0.243 e. The number of hydrogen-bond acceptors (Lipinski definition) is 7. The summed E-state index contributed by atoms with van der Waals surface area (Å²) in [7, 11) is 0. The maximum absolute atomic E-state index is 6.02. The molecule has 0 aliphatic carbocycles. The Morgan fingerprint density at radius 1 is 1.38 bits per heavy atom. The predicted molar refractivity (Wildman–Crippen MR) is 79.5 cm³/mol. The third-order valence-corrected chi connectivity index (χ3v) is 3.85. The molecule has 2 atom stereocenters. The van der Waals surface area contributed by atoms with E-state index in [9.17, 15) is 0 Å². The molecule has 2 aromatic rings. The minimum Gasteiger partial charge on any atom is -0.485 e. The second kappa shape index (κ2) is 6.36. The zero-order chi connectivity index (χ0) is 14.7. The monoisotopic (exact) mass is 307 g/mol. The van der Waals surface area contributed by atoms with Crippen LogP contribution in [-0.2, 0) is 0 Å². The van der Waals surface area contributed by atoms with Crippen molar-refractivity contribution in [3.05, 3.63) is 36.0 Å². The molecular formula is C14H17N3O3S. The number of fused-ring (bicyclic) bond motifs is 1. The van der Waals surface area contributed by atoms with E-state index in [1.165, 1.54) is 0 Å². The molecule has 0 radical (unpaired) electrons. The first kappa shape index (κ1) is 14.2. The topological polar surface area (TPSA) is 83.4 Å². The number of para-hydroxylation sites is 2. The lowest BCUT2D eigenvalue weighted by Crippen LogP contribution is -2.22. The standard InChI is InChI=1S/C14H17N3O3S/c1-21-7-6-9(15)14-16-13(17-20-14)12-8-18-10-4-2-3-5-11(10)19-12/h2-5,9,12H,6-8,15H2,1H3. The lowest BCUT2D eigenvalue weighted by Gasteiger charge is -2.24. The van der Waals surface area contributed by atoms with E-state index in [0.717, 1.165) is 17.9 Å². The van der Waals surface area contributed by atoms with E-state index >= 15 is 0 Å². The molecular weight excluding hydrogens is 290 g/mol. The summed E-state index contributed by atoms with van der Waals surface area (Å²) in [6.07, 6.45) is 2.47. The van der Waals surface area contributed by atoms with Gasteiger partial charge in [0.2, 0.25) is 11.7 Å². The highest BCUT2D eigenvalue weighted by molar-refractivity contribution is 7.98. The summed E-state index contributed by atoms with van der Waals surface area (Å²) >= 11 is 1.74. The van der Waals surface area contributed by atoms with Crippen LogP contribution in [0.1, 0.15) is 30.3 Å². The van der Waals surface area contributed by atoms with E-state index in [4.69, 9.17) is 19.7 Å². The molecule has 1 aromatic heterocycles. The maximum Gasteiger partial charge on any atom is 0.243 e. The van der Waals surface area contributed by atoms with Crippen molar-refractivity contribution in [1.29, 1.82) is 0 Å². The van der Waals surface area contributed by atoms with Gasteiger partial charge in [0, 0.05) is 0 Å². The zero-order valence-corrected chi connectivity index (χ0v) is 12.5. The molecule has 1 aliphatic rings. The van der Waals surface area contributed by atoms with Gasteiger partial charge in [0.15, 0.2) is 17.6 Å². The van der Waals surface area contributed by atoms with Crippen molar-refractivity contribution < 1.29 is 14.0 Å². The molecule has 0 saturated carbocycles. The SMILES string of the molecule is CSCCC(N)c1nc(C2COc3ccccc3O2)no1. The average molecular weight is 307 g/mol. The molecule has 0 fully saturated rings. The molecule has 2 heterocycles. The van der Waals surface area contributed by atoms with Gasteiger partial charge in [0.05, 0.1) is 6.04 Å². The average Bonchev–Trinajstić information content (AvgIpc) is 3.02. The minimum absolute atomic E-state index is 0.240. The molecule has 0 amide bonds. The molecule has 0 saturated heterocycles. The van der Waals surface area contributed by atoms with Crippen molar-refractivity contribution in [2.75, 3.05) is 18.6 Å². The van der Waals surface area contributed by atoms with Crippen LogP contribution in [-0.4, -0.2) is 28.8 Å². The van der Waals surface area contributed by atoms with Crippen molar-refractivity contribution in [3.63, 3.8) is 0 Å². The van der Waals surface area contributed by atoms with E-state index in [1.54, 1.807) is 11.8 Å². The van der Waals surface area contributed by atoms with Crippen LogP contribution >= 0.6 is 11.8 Å². The van der Waals surface area contributed by atoms with Crippen LogP contribution in [0.25, 0.3) is 0 Å². The third-order valence-electron chi connectivity index (χ3n) is 3.20. The van der Waals surface area contributed by atoms with Crippen LogP contribution < -0.4 is 15.2 Å². The van der Waals surface area contributed by atoms with Gasteiger partial charge < -0.3 is 19.7 Å². The second-order valence-corrected chi connectivity index (χ2v) is 5.73. The fraction of sp³-hybridized carbons (Fsp3) is 0.429. The Morgan fingerprint density at radius 3 is 3.00 bits per heavy atom. The number of rotatable bonds is 5. The molecule has 0 spiro atoms. The van der Waals surface area contributed by atoms with E-state index < -0.39 is 0 Å². The van der Waals surface area contributed by atoms with Crippen LogP contribution in [0.3, 0.4) is 0 Å². The first-order valence-electron chi connectivity index (χ1n) is 6.74. The van der Waals surface area contributed by atoms with Gasteiger partial charge in [-0.25, -0.2) is 0 Å². The molecule has 1 aromatic carbocycles. The molecule has 112 valence electrons. The van der Waals surface area contributed by atoms with Crippen LogP contribution in [0.5, 0.6) is 11.5 Å². The lowest BCUT2D eigenvalue weighted by molar-refractivity contribution is 0.0832. The Morgan fingerprint density at radius 2 is 2.19 bits per heavy atom. The number of ether oxygens (including phenoxy) is 2. The molecule has 7 heteroatoms. The molecule has 6 nitrogen and oxygen atoms in total. The number of aromatic nitrogens is 2. The molecule has 1 aliphatic heterocycles. The third kappa shape index (κ3) is 3.14. The normalized spacial score (nSPS) is 18.5. The zero-order valence-electron chi connectivity index (χ0n) is 11.7. The van der Waals surface area contributed by atoms with Crippen molar-refractivity contribution in [2.24, 2.45) is 5.73 Å². The Labute approximate surface area is 127 Å². The summed E-state index contributed by atoms with van der Waals surface area (Å²) in [6, 6.07) is 7.28. The largest absolute Gasteiger partial charge is 0.485 e. The summed E-state index contributed by atoms with van der Waals surface area (Å²) in [5.41, 5.74) is 6.02. The van der Waals surface area contributed by atoms with Gasteiger partial charge in [-0.05, 0) is 30.6 Å². The van der Waals surface area contributed by atoms with Crippen LogP contribution in [0.2, 0.25) is 0 Å². The first-order valence-corrected chi connectivity index (χ1v) is 8.14. The molecule has 21 heavy (non-hydrogen) atoms. The number of thioether (sulfide) groups is 1. The van der Waals surface area contributed by atoms with Gasteiger partial charge in [-0.15, -0.1) is 0 Å². The quantitative estimate of drug-likeness (QED) is 0.907. The minimum atomic E-state index is -0.370. The van der Waals surface area contributed by atoms with Gasteiger partial charge >= 0.3 is 0 Å². The Bertz CT molecular complexity index is 605. The van der Waals surface area contributed by atoms with Gasteiger partial charge in [-0.1, -0.05) is 17.3 Å². The van der Waals surface area contributed by atoms with Gasteiger partial charge in [0.25, 0.3) is 0 Å². The number of hydrogen-bond donors (Lipinski definition) is 1. The Hall–Kier alpha value is -1.73. The van der Waals surface area contributed by atoms with Gasteiger partial charge in [-0.3, -0.25) is 0 Å². The summed E-state index contributed by atoms with van der Waals surface area (Å²) in [5, 5.41) is 3.96. The van der Waals surface area contributed by atoms with E-state index in [1.807, 2.05) is 30.5 Å². The van der Waals surface area contributed by atoms with Gasteiger partial charge in [-0.2, -0.15) is 16.7 Å². The summed E-state index contributed by atoms with van der Waals surface area (Å²) in [6.45, 7) is 0.357. The number of benzene rings is 1. The van der Waals surface area contributed by atoms with E-state index in [0.29, 0.717) is 24.1 Å². The van der Waals surface area contributed by atoms with Crippen molar-refractivity contribution >= 4 is 11.8 Å². The molecule has 2 N–H and O–H groups in total. The van der Waals surface area contributed by atoms with E-state index in [-0.39, 0.29) is 12.1 Å². The number of nitrogens with zero attached hydrogens (tertiary/aromatic N) is 2. The van der Waals surface area contributed by atoms with E-state index in [2.05, 4.69) is 10.1 Å². The van der Waals surface area contributed by atoms with Crippen LogP contribution in [0, 0.1) is 0 Å². The van der Waals surface area contributed by atoms with Crippen LogP contribution in [0.4, 0.5) is 0 Å². The predicted octanol–water partition coefficient (Wildman–Crippen LogP) is 2.33. The second-order valence-electron chi connectivity index (χ2n) is 4.74. The first-order chi connectivity index (χ1) is 10.3. The fourth-order valence-electron chi connectivity index (χ4n) is 2.04. The van der Waals surface area contributed by atoms with Crippen molar-refractivity contribution in [2.45, 2.75) is 18.6 Å². The van der Waals surface area contributed by atoms with Crippen molar-refractivity contribution in [3.8, 4) is 11.5 Å². The lowest BCUT2D eigenvalue weighted by atomic mass is 10.2. The Balaban J connectivity index is 1.70. The van der Waals surface area contributed by atoms with Crippen LogP contribution in [0.15, 0.2) is 28.8 Å². The summed E-state index contributed by atoms with van der Waals surface area (Å²) in [5.74, 6) is 3.29. The highest BCUT2D eigenvalue weighted by Crippen LogP contribution is 2.35. The summed E-state index contributed by atoms with van der Waals surface area (Å²) in [4.78, 5) is 4.34. The van der Waals surface area contributed by atoms with Gasteiger partial charge in [0.1, 0.15) is 6.61 Å². The fourth-order valence-corrected chi connectivity index (χ4v) is 2.53. The highest BCUT2D eigenvalue weighted by atomic mass is 32.2. The van der Waals surface area contributed by atoms with Crippen molar-refractivity contribution in [1.82, 2.24) is 10.1 Å². The molecule has 3 rings (SSSR count). The highest BCUT2D eigenvalue weighted by Gasteiger charge is 2.27. The Kier molecular flexibility index (Phi) is 4.31. The maximum atomic E-state index is 6.02. The molecule has 2 unspecified atom stereocenters.